The summed E-state index contributed by atoms with van der Waals surface area (Å²) < 4.78 is 33.5. The molecule has 9 heteroatoms. The number of hydrogen-bond donors (Lipinski definition) is 1. The minimum Gasteiger partial charge on any atom is -0.373 e. The molecule has 0 amide bonds. The minimum absolute atomic E-state index is 0.0899. The maximum Gasteiger partial charge on any atom is 0.243 e. The monoisotopic (exact) mass is 521 g/mol. The summed E-state index contributed by atoms with van der Waals surface area (Å²) in [4.78, 5) is 15.4. The zero-order valence-corrected chi connectivity index (χ0v) is 22.5. The van der Waals surface area contributed by atoms with Gasteiger partial charge >= 0.3 is 0 Å². The molecule has 2 aromatic rings. The van der Waals surface area contributed by atoms with Gasteiger partial charge in [0.15, 0.2) is 5.78 Å². The third kappa shape index (κ3) is 7.12. The van der Waals surface area contributed by atoms with E-state index in [0.717, 1.165) is 18.7 Å². The van der Waals surface area contributed by atoms with Crippen molar-refractivity contribution in [1.29, 1.82) is 0 Å². The van der Waals surface area contributed by atoms with Crippen molar-refractivity contribution in [1.82, 2.24) is 14.5 Å². The fourth-order valence-electron chi connectivity index (χ4n) is 4.54. The Morgan fingerprint density at radius 2 is 1.74 bits per heavy atom. The van der Waals surface area contributed by atoms with Crippen molar-refractivity contribution in [3.05, 3.63) is 64.7 Å². The second-order valence-electron chi connectivity index (χ2n) is 8.95. The largest absolute Gasteiger partial charge is 0.373 e. The molecule has 3 atom stereocenters. The van der Waals surface area contributed by atoms with Crippen molar-refractivity contribution in [3.8, 4) is 0 Å². The van der Waals surface area contributed by atoms with Gasteiger partial charge < -0.3 is 10.1 Å². The molecule has 3 unspecified atom stereocenters. The van der Waals surface area contributed by atoms with Crippen LogP contribution in [0.3, 0.4) is 0 Å². The van der Waals surface area contributed by atoms with Gasteiger partial charge in [0.1, 0.15) is 0 Å². The second-order valence-corrected chi connectivity index (χ2v) is 11.3. The van der Waals surface area contributed by atoms with E-state index in [4.69, 9.17) is 16.3 Å². The molecule has 192 valence electrons. The fraction of sp³-hybridized carbons (Fsp3) is 0.500. The van der Waals surface area contributed by atoms with Crippen molar-refractivity contribution in [2.45, 2.75) is 50.8 Å². The van der Waals surface area contributed by atoms with Gasteiger partial charge in [-0.1, -0.05) is 49.7 Å². The number of ketones is 1. The van der Waals surface area contributed by atoms with E-state index in [1.54, 1.807) is 18.2 Å². The molecular weight excluding hydrogens is 486 g/mol. The number of morpholine rings is 1. The SMILES string of the molecule is CCN(CC)C(CNCC(=O)c1cccc(S(=O)(=O)N2CC(C)OC(C)C2)c1)c1ccc(Cl)cc1. The number of likely N-dealkylation sites (N-methyl/N-ethyl adjacent to an activating group) is 1. The maximum absolute atomic E-state index is 13.2. The highest BCUT2D eigenvalue weighted by molar-refractivity contribution is 7.89. The molecule has 1 aliphatic heterocycles. The number of nitrogens with one attached hydrogen (secondary N) is 1. The zero-order chi connectivity index (χ0) is 25.6. The van der Waals surface area contributed by atoms with Crippen LogP contribution in [0.5, 0.6) is 0 Å². The lowest BCUT2D eigenvalue weighted by atomic mass is 10.0. The van der Waals surface area contributed by atoms with Gasteiger partial charge in [0.05, 0.1) is 23.6 Å². The summed E-state index contributed by atoms with van der Waals surface area (Å²) in [6, 6.07) is 14.2. The number of benzene rings is 2. The highest BCUT2D eigenvalue weighted by atomic mass is 35.5. The van der Waals surface area contributed by atoms with Gasteiger partial charge in [-0.3, -0.25) is 9.69 Å². The van der Waals surface area contributed by atoms with E-state index >= 15 is 0 Å². The molecule has 1 saturated heterocycles. The smallest absolute Gasteiger partial charge is 0.243 e. The summed E-state index contributed by atoms with van der Waals surface area (Å²) in [5, 5.41) is 3.96. The van der Waals surface area contributed by atoms with Gasteiger partial charge in [0, 0.05) is 36.3 Å². The first-order valence-corrected chi connectivity index (χ1v) is 14.0. The number of rotatable bonds is 11. The normalized spacial score (nSPS) is 20.2. The molecule has 0 spiro atoms. The highest BCUT2D eigenvalue weighted by Gasteiger charge is 2.32. The first-order chi connectivity index (χ1) is 16.6. The van der Waals surface area contributed by atoms with Crippen molar-refractivity contribution in [2.24, 2.45) is 0 Å². The van der Waals surface area contributed by atoms with Crippen molar-refractivity contribution in [2.75, 3.05) is 39.3 Å². The Morgan fingerprint density at radius 1 is 1.11 bits per heavy atom. The van der Waals surface area contributed by atoms with Crippen LogP contribution >= 0.6 is 11.6 Å². The summed E-state index contributed by atoms with van der Waals surface area (Å²) in [6.07, 6.45) is -0.358. The van der Waals surface area contributed by atoms with E-state index < -0.39 is 10.0 Å². The summed E-state index contributed by atoms with van der Waals surface area (Å²) in [5.41, 5.74) is 1.50. The number of carbonyl (C=O) groups excluding carboxylic acids is 1. The zero-order valence-electron chi connectivity index (χ0n) is 20.9. The van der Waals surface area contributed by atoms with Crippen molar-refractivity contribution < 1.29 is 17.9 Å². The molecule has 0 radical (unpaired) electrons. The van der Waals surface area contributed by atoms with E-state index in [1.807, 2.05) is 38.1 Å². The molecule has 1 N–H and O–H groups in total. The lowest BCUT2D eigenvalue weighted by molar-refractivity contribution is -0.0440. The predicted octanol–water partition coefficient (Wildman–Crippen LogP) is 3.99. The molecule has 0 saturated carbocycles. The first-order valence-electron chi connectivity index (χ1n) is 12.1. The van der Waals surface area contributed by atoms with E-state index in [2.05, 4.69) is 24.1 Å². The van der Waals surface area contributed by atoms with Crippen LogP contribution in [-0.2, 0) is 14.8 Å². The van der Waals surface area contributed by atoms with E-state index in [0.29, 0.717) is 30.2 Å². The minimum atomic E-state index is -3.71. The van der Waals surface area contributed by atoms with Crippen LogP contribution in [0.4, 0.5) is 0 Å². The maximum atomic E-state index is 13.2. The van der Waals surface area contributed by atoms with E-state index in [1.165, 1.54) is 10.4 Å². The van der Waals surface area contributed by atoms with Crippen LogP contribution in [0.2, 0.25) is 5.02 Å². The molecule has 1 aliphatic rings. The predicted molar refractivity (Wildman–Crippen MR) is 140 cm³/mol. The summed E-state index contributed by atoms with van der Waals surface area (Å²) >= 11 is 6.06. The van der Waals surface area contributed by atoms with Crippen LogP contribution in [0.15, 0.2) is 53.4 Å². The quantitative estimate of drug-likeness (QED) is 0.450. The average Bonchev–Trinajstić information content (AvgIpc) is 2.83. The molecule has 7 nitrogen and oxygen atoms in total. The fourth-order valence-corrected chi connectivity index (χ4v) is 6.30. The van der Waals surface area contributed by atoms with Crippen LogP contribution in [-0.4, -0.2) is 74.9 Å². The summed E-state index contributed by atoms with van der Waals surface area (Å²) in [6.45, 7) is 11.0. The third-order valence-corrected chi connectivity index (χ3v) is 8.39. The molecule has 0 bridgehead atoms. The van der Waals surface area contributed by atoms with Gasteiger partial charge in [-0.25, -0.2) is 8.42 Å². The molecule has 1 fully saturated rings. The average molecular weight is 522 g/mol. The van der Waals surface area contributed by atoms with E-state index in [-0.39, 0.29) is 35.5 Å². The topological polar surface area (TPSA) is 79.0 Å². The van der Waals surface area contributed by atoms with Crippen molar-refractivity contribution >= 4 is 27.4 Å². The van der Waals surface area contributed by atoms with Crippen LogP contribution in [0.1, 0.15) is 49.7 Å². The van der Waals surface area contributed by atoms with Crippen LogP contribution in [0.25, 0.3) is 0 Å². The van der Waals surface area contributed by atoms with Gasteiger partial charge in [0.2, 0.25) is 10.0 Å². The van der Waals surface area contributed by atoms with Gasteiger partial charge in [-0.2, -0.15) is 4.31 Å². The number of hydrogen-bond acceptors (Lipinski definition) is 6. The van der Waals surface area contributed by atoms with Gasteiger partial charge in [-0.05, 0) is 56.8 Å². The molecule has 35 heavy (non-hydrogen) atoms. The molecule has 0 aromatic heterocycles. The molecule has 1 heterocycles. The standard InChI is InChI=1S/C26H36ClN3O4S/c1-5-29(6-2)25(21-10-12-23(27)13-11-21)15-28-16-26(31)22-8-7-9-24(14-22)35(32,33)30-17-19(3)34-20(4)18-30/h7-14,19-20,25,28H,5-6,15-18H2,1-4H3. The Hall–Kier alpha value is -1.81. The highest BCUT2D eigenvalue weighted by Crippen LogP contribution is 2.23. The Kier molecular flexibility index (Phi) is 9.86. The lowest BCUT2D eigenvalue weighted by Crippen LogP contribution is -2.48. The lowest BCUT2D eigenvalue weighted by Gasteiger charge is -2.34. The van der Waals surface area contributed by atoms with Gasteiger partial charge in [-0.15, -0.1) is 0 Å². The number of halogens is 1. The summed E-state index contributed by atoms with van der Waals surface area (Å²) in [5.74, 6) is -0.153. The molecule has 3 rings (SSSR count). The van der Waals surface area contributed by atoms with Crippen LogP contribution < -0.4 is 5.32 Å². The molecule has 0 aliphatic carbocycles. The number of ether oxygens (including phenoxy) is 1. The molecular formula is C26H36ClN3O4S. The van der Waals surface area contributed by atoms with Crippen LogP contribution in [0, 0.1) is 0 Å². The second kappa shape index (κ2) is 12.4. The Labute approximate surface area is 214 Å². The number of carbonyl (C=O) groups is 1. The van der Waals surface area contributed by atoms with Gasteiger partial charge in [0.25, 0.3) is 0 Å². The Bertz CT molecular complexity index is 1080. The summed E-state index contributed by atoms with van der Waals surface area (Å²) in [7, 11) is -3.71. The first kappa shape index (κ1) is 27.8. The van der Waals surface area contributed by atoms with E-state index in [9.17, 15) is 13.2 Å². The third-order valence-electron chi connectivity index (χ3n) is 6.31. The Balaban J connectivity index is 1.69. The Morgan fingerprint density at radius 3 is 2.34 bits per heavy atom. The number of Topliss-reactive ketones (excluding diaryl/α,β-unsaturated/α-hetero) is 1. The number of nitrogens with zero attached hydrogens (tertiary/aromatic N) is 2. The molecule has 2 aromatic carbocycles. The van der Waals surface area contributed by atoms with Crippen molar-refractivity contribution in [3.63, 3.8) is 0 Å². The number of sulfonamides is 1.